The molecule has 1 aromatic carbocycles. The van der Waals surface area contributed by atoms with Crippen LogP contribution in [0.25, 0.3) is 0 Å². The lowest BCUT2D eigenvalue weighted by atomic mass is 9.91. The number of nitrogens with zero attached hydrogens (tertiary/aromatic N) is 1. The molecule has 2 heterocycles. The average Bonchev–Trinajstić information content (AvgIpc) is 2.83. The molecule has 0 aromatic heterocycles. The Labute approximate surface area is 128 Å². The van der Waals surface area contributed by atoms with Crippen molar-refractivity contribution < 1.29 is 14.3 Å². The predicted molar refractivity (Wildman–Crippen MR) is 78.2 cm³/mol. The first-order valence-electron chi connectivity index (χ1n) is 7.06. The first kappa shape index (κ1) is 14.2. The van der Waals surface area contributed by atoms with Gasteiger partial charge in [-0.1, -0.05) is 29.8 Å². The van der Waals surface area contributed by atoms with Gasteiger partial charge in [-0.05, 0) is 11.6 Å². The summed E-state index contributed by atoms with van der Waals surface area (Å²) in [6.07, 6.45) is 1.32. The molecule has 2 aliphatic rings. The zero-order chi connectivity index (χ0) is 14.9. The molecule has 1 spiro atoms. The van der Waals surface area contributed by atoms with Gasteiger partial charge in [-0.3, -0.25) is 4.79 Å². The third kappa shape index (κ3) is 2.97. The topological polar surface area (TPSA) is 58.6 Å². The van der Waals surface area contributed by atoms with Crippen molar-refractivity contribution >= 4 is 23.6 Å². The van der Waals surface area contributed by atoms with E-state index in [1.807, 2.05) is 23.1 Å². The van der Waals surface area contributed by atoms with E-state index in [0.29, 0.717) is 43.9 Å². The minimum absolute atomic E-state index is 0.0650. The van der Waals surface area contributed by atoms with E-state index >= 15 is 0 Å². The summed E-state index contributed by atoms with van der Waals surface area (Å²) < 4.78 is 5.35. The summed E-state index contributed by atoms with van der Waals surface area (Å²) in [5.41, 5.74) is 0.427. The van der Waals surface area contributed by atoms with Crippen LogP contribution in [0.15, 0.2) is 24.3 Å². The van der Waals surface area contributed by atoms with Crippen LogP contribution in [-0.4, -0.2) is 42.1 Å². The van der Waals surface area contributed by atoms with Gasteiger partial charge >= 0.3 is 6.09 Å². The highest BCUT2D eigenvalue weighted by Crippen LogP contribution is 2.29. The third-order valence-electron chi connectivity index (χ3n) is 4.19. The lowest BCUT2D eigenvalue weighted by Crippen LogP contribution is -2.48. The maximum absolute atomic E-state index is 12.3. The van der Waals surface area contributed by atoms with E-state index < -0.39 is 5.60 Å². The van der Waals surface area contributed by atoms with Crippen molar-refractivity contribution in [3.63, 3.8) is 0 Å². The van der Waals surface area contributed by atoms with Crippen LogP contribution in [0, 0.1) is 0 Å². The van der Waals surface area contributed by atoms with Crippen LogP contribution in [0.5, 0.6) is 0 Å². The fourth-order valence-electron chi connectivity index (χ4n) is 2.86. The summed E-state index contributed by atoms with van der Waals surface area (Å²) in [5.74, 6) is 0.0650. The standard InChI is InChI=1S/C15H17ClN2O3/c16-12-4-2-1-3-11(12)9-13(19)18-7-5-15(6-8-18)10-17-14(20)21-15/h1-4H,5-10H2,(H,17,20). The van der Waals surface area contributed by atoms with Crippen LogP contribution in [0.3, 0.4) is 0 Å². The molecule has 1 N–H and O–H groups in total. The number of piperidine rings is 1. The number of alkyl carbamates (subject to hydrolysis) is 1. The van der Waals surface area contributed by atoms with E-state index in [1.165, 1.54) is 0 Å². The van der Waals surface area contributed by atoms with Crippen LogP contribution < -0.4 is 5.32 Å². The molecule has 2 aliphatic heterocycles. The summed E-state index contributed by atoms with van der Waals surface area (Å²) in [6, 6.07) is 7.39. The highest BCUT2D eigenvalue weighted by atomic mass is 35.5. The highest BCUT2D eigenvalue weighted by Gasteiger charge is 2.43. The zero-order valence-electron chi connectivity index (χ0n) is 11.6. The normalized spacial score (nSPS) is 20.2. The zero-order valence-corrected chi connectivity index (χ0v) is 12.4. The van der Waals surface area contributed by atoms with Crippen molar-refractivity contribution in [2.45, 2.75) is 24.9 Å². The van der Waals surface area contributed by atoms with Gasteiger partial charge in [0.15, 0.2) is 0 Å². The van der Waals surface area contributed by atoms with Gasteiger partial charge in [0, 0.05) is 31.0 Å². The van der Waals surface area contributed by atoms with Gasteiger partial charge in [-0.15, -0.1) is 0 Å². The lowest BCUT2D eigenvalue weighted by molar-refractivity contribution is -0.133. The molecule has 0 unspecified atom stereocenters. The molecule has 0 atom stereocenters. The van der Waals surface area contributed by atoms with E-state index in [0.717, 1.165) is 5.56 Å². The molecule has 0 bridgehead atoms. The average molecular weight is 309 g/mol. The number of nitrogens with one attached hydrogen (secondary N) is 1. The van der Waals surface area contributed by atoms with Gasteiger partial charge < -0.3 is 15.0 Å². The maximum atomic E-state index is 12.3. The van der Waals surface area contributed by atoms with Crippen molar-refractivity contribution in [2.75, 3.05) is 19.6 Å². The number of amides is 2. The van der Waals surface area contributed by atoms with Crippen LogP contribution >= 0.6 is 11.6 Å². The predicted octanol–water partition coefficient (Wildman–Crippen LogP) is 1.98. The van der Waals surface area contributed by atoms with Crippen LogP contribution in [0.1, 0.15) is 18.4 Å². The molecule has 0 aliphatic carbocycles. The van der Waals surface area contributed by atoms with Crippen molar-refractivity contribution in [1.82, 2.24) is 10.2 Å². The fraction of sp³-hybridized carbons (Fsp3) is 0.467. The second-order valence-electron chi connectivity index (χ2n) is 5.58. The number of carbonyl (C=O) groups is 2. The lowest BCUT2D eigenvalue weighted by Gasteiger charge is -2.37. The second kappa shape index (κ2) is 5.56. The van der Waals surface area contributed by atoms with Gasteiger partial charge in [-0.25, -0.2) is 4.79 Å². The van der Waals surface area contributed by atoms with Gasteiger partial charge in [0.1, 0.15) is 5.60 Å². The Hall–Kier alpha value is -1.75. The third-order valence-corrected chi connectivity index (χ3v) is 4.56. The largest absolute Gasteiger partial charge is 0.441 e. The Morgan fingerprint density at radius 3 is 2.67 bits per heavy atom. The Morgan fingerprint density at radius 2 is 2.05 bits per heavy atom. The molecule has 112 valence electrons. The number of likely N-dealkylation sites (tertiary alicyclic amines) is 1. The fourth-order valence-corrected chi connectivity index (χ4v) is 3.06. The van der Waals surface area contributed by atoms with E-state index in [4.69, 9.17) is 16.3 Å². The Morgan fingerprint density at radius 1 is 1.33 bits per heavy atom. The number of hydrogen-bond acceptors (Lipinski definition) is 3. The second-order valence-corrected chi connectivity index (χ2v) is 5.98. The Bertz CT molecular complexity index is 568. The number of halogens is 1. The minimum Gasteiger partial charge on any atom is -0.441 e. The number of ether oxygens (including phenoxy) is 1. The van der Waals surface area contributed by atoms with E-state index in [-0.39, 0.29) is 12.0 Å². The molecule has 3 rings (SSSR count). The van der Waals surface area contributed by atoms with Gasteiger partial charge in [0.25, 0.3) is 0 Å². The van der Waals surface area contributed by atoms with Crippen LogP contribution in [-0.2, 0) is 16.0 Å². The van der Waals surface area contributed by atoms with E-state index in [2.05, 4.69) is 5.32 Å². The number of benzene rings is 1. The minimum atomic E-state index is -0.418. The summed E-state index contributed by atoms with van der Waals surface area (Å²) >= 11 is 6.09. The number of hydrogen-bond donors (Lipinski definition) is 1. The molecule has 5 nitrogen and oxygen atoms in total. The molecule has 0 radical (unpaired) electrons. The summed E-state index contributed by atoms with van der Waals surface area (Å²) in [7, 11) is 0. The van der Waals surface area contributed by atoms with Gasteiger partial charge in [0.05, 0.1) is 13.0 Å². The molecule has 0 saturated carbocycles. The van der Waals surface area contributed by atoms with Crippen LogP contribution in [0.2, 0.25) is 5.02 Å². The van der Waals surface area contributed by atoms with Gasteiger partial charge in [0.2, 0.25) is 5.91 Å². The molecular weight excluding hydrogens is 292 g/mol. The van der Waals surface area contributed by atoms with Gasteiger partial charge in [-0.2, -0.15) is 0 Å². The summed E-state index contributed by atoms with van der Waals surface area (Å²) in [4.78, 5) is 25.3. The molecule has 2 saturated heterocycles. The number of rotatable bonds is 2. The number of carbonyl (C=O) groups excluding carboxylic acids is 2. The first-order valence-corrected chi connectivity index (χ1v) is 7.44. The van der Waals surface area contributed by atoms with Crippen molar-refractivity contribution in [3.05, 3.63) is 34.9 Å². The monoisotopic (exact) mass is 308 g/mol. The molecule has 21 heavy (non-hydrogen) atoms. The Balaban J connectivity index is 1.58. The molecule has 6 heteroatoms. The molecular formula is C15H17ClN2O3. The summed E-state index contributed by atoms with van der Waals surface area (Å²) in [6.45, 7) is 1.76. The van der Waals surface area contributed by atoms with Crippen molar-refractivity contribution in [3.8, 4) is 0 Å². The molecule has 2 amide bonds. The summed E-state index contributed by atoms with van der Waals surface area (Å²) in [5, 5.41) is 3.31. The van der Waals surface area contributed by atoms with Crippen LogP contribution in [0.4, 0.5) is 4.79 Å². The SMILES string of the molecule is O=C1NCC2(CCN(C(=O)Cc3ccccc3Cl)CC2)O1. The quantitative estimate of drug-likeness (QED) is 0.909. The van der Waals surface area contributed by atoms with Crippen molar-refractivity contribution in [2.24, 2.45) is 0 Å². The molecule has 1 aromatic rings. The van der Waals surface area contributed by atoms with E-state index in [1.54, 1.807) is 6.07 Å². The van der Waals surface area contributed by atoms with E-state index in [9.17, 15) is 9.59 Å². The first-order chi connectivity index (χ1) is 10.1. The smallest absolute Gasteiger partial charge is 0.407 e. The Kier molecular flexibility index (Phi) is 3.76. The molecule has 2 fully saturated rings. The maximum Gasteiger partial charge on any atom is 0.407 e. The van der Waals surface area contributed by atoms with Crippen molar-refractivity contribution in [1.29, 1.82) is 0 Å². The highest BCUT2D eigenvalue weighted by molar-refractivity contribution is 6.31.